The van der Waals surface area contributed by atoms with Crippen molar-refractivity contribution in [2.24, 2.45) is 0 Å². The topological polar surface area (TPSA) is 52.7 Å². The van der Waals surface area contributed by atoms with E-state index in [0.29, 0.717) is 26.2 Å². The summed E-state index contributed by atoms with van der Waals surface area (Å²) in [5.74, 6) is 0.0146. The van der Waals surface area contributed by atoms with Gasteiger partial charge < -0.3 is 10.2 Å². The van der Waals surface area contributed by atoms with Crippen molar-refractivity contribution in [2.45, 2.75) is 27.3 Å². The normalized spacial score (nSPS) is 10.5. The van der Waals surface area contributed by atoms with Gasteiger partial charge in [0.25, 0.3) is 0 Å². The van der Waals surface area contributed by atoms with Crippen LogP contribution in [0.15, 0.2) is 30.3 Å². The second kappa shape index (κ2) is 9.95. The fraction of sp³-hybridized carbons (Fsp3) is 0.529. The van der Waals surface area contributed by atoms with E-state index in [1.165, 1.54) is 0 Å². The molecule has 0 spiro atoms. The summed E-state index contributed by atoms with van der Waals surface area (Å²) in [5.41, 5.74) is 1.12. The molecule has 1 N–H and O–H groups in total. The van der Waals surface area contributed by atoms with Gasteiger partial charge in [-0.25, -0.2) is 0 Å². The quantitative estimate of drug-likeness (QED) is 0.752. The molecular formula is C17H27N3O2. The highest BCUT2D eigenvalue weighted by atomic mass is 16.2. The van der Waals surface area contributed by atoms with Gasteiger partial charge in [-0.3, -0.25) is 14.5 Å². The number of amides is 2. The molecule has 0 aromatic heterocycles. The molecule has 0 unspecified atom stereocenters. The third-order valence-corrected chi connectivity index (χ3v) is 3.50. The Balaban J connectivity index is 2.57. The first-order valence-corrected chi connectivity index (χ1v) is 7.91. The summed E-state index contributed by atoms with van der Waals surface area (Å²) in [7, 11) is 0. The minimum Gasteiger partial charge on any atom is -0.355 e. The SMILES string of the molecule is CCNC(=O)CN(CC)CC(=O)N(CC)Cc1ccccc1. The smallest absolute Gasteiger partial charge is 0.237 e. The maximum atomic E-state index is 12.4. The van der Waals surface area contributed by atoms with Gasteiger partial charge in [0.2, 0.25) is 11.8 Å². The minimum absolute atomic E-state index is 0.0387. The number of likely N-dealkylation sites (N-methyl/N-ethyl adjacent to an activating group) is 3. The molecular weight excluding hydrogens is 278 g/mol. The molecule has 22 heavy (non-hydrogen) atoms. The van der Waals surface area contributed by atoms with Crippen molar-refractivity contribution in [3.63, 3.8) is 0 Å². The number of hydrogen-bond donors (Lipinski definition) is 1. The molecule has 0 saturated carbocycles. The summed E-state index contributed by atoms with van der Waals surface area (Å²) in [6.45, 7) is 8.90. The Bertz CT molecular complexity index is 462. The lowest BCUT2D eigenvalue weighted by Crippen LogP contribution is -2.44. The van der Waals surface area contributed by atoms with Crippen molar-refractivity contribution in [1.82, 2.24) is 15.1 Å². The Labute approximate surface area is 133 Å². The Morgan fingerprint density at radius 1 is 1.00 bits per heavy atom. The van der Waals surface area contributed by atoms with Crippen LogP contribution in [-0.4, -0.2) is 54.3 Å². The van der Waals surface area contributed by atoms with Gasteiger partial charge in [-0.2, -0.15) is 0 Å². The van der Waals surface area contributed by atoms with Crippen LogP contribution in [0, 0.1) is 0 Å². The van der Waals surface area contributed by atoms with Gasteiger partial charge in [-0.1, -0.05) is 37.3 Å². The summed E-state index contributed by atoms with van der Waals surface area (Å²) in [5, 5.41) is 2.76. The van der Waals surface area contributed by atoms with Crippen LogP contribution in [0.1, 0.15) is 26.3 Å². The number of hydrogen-bond acceptors (Lipinski definition) is 3. The van der Waals surface area contributed by atoms with E-state index in [-0.39, 0.29) is 24.9 Å². The molecule has 1 aromatic rings. The van der Waals surface area contributed by atoms with Crippen LogP contribution in [0.4, 0.5) is 0 Å². The predicted molar refractivity (Wildman–Crippen MR) is 88.3 cm³/mol. The van der Waals surface area contributed by atoms with Gasteiger partial charge in [0.1, 0.15) is 0 Å². The average Bonchev–Trinajstić information content (AvgIpc) is 2.53. The van der Waals surface area contributed by atoms with Crippen LogP contribution in [0.25, 0.3) is 0 Å². The van der Waals surface area contributed by atoms with Crippen molar-refractivity contribution in [2.75, 3.05) is 32.7 Å². The first-order chi connectivity index (χ1) is 10.6. The third-order valence-electron chi connectivity index (χ3n) is 3.50. The molecule has 122 valence electrons. The minimum atomic E-state index is -0.0387. The molecule has 0 saturated heterocycles. The number of nitrogens with one attached hydrogen (secondary N) is 1. The van der Waals surface area contributed by atoms with E-state index in [4.69, 9.17) is 0 Å². The molecule has 0 fully saturated rings. The Morgan fingerprint density at radius 2 is 1.68 bits per heavy atom. The highest BCUT2D eigenvalue weighted by Crippen LogP contribution is 2.05. The molecule has 0 radical (unpaired) electrons. The Hall–Kier alpha value is -1.88. The van der Waals surface area contributed by atoms with E-state index in [2.05, 4.69) is 5.32 Å². The van der Waals surface area contributed by atoms with Gasteiger partial charge in [0, 0.05) is 19.6 Å². The lowest BCUT2D eigenvalue weighted by molar-refractivity contribution is -0.133. The maximum Gasteiger partial charge on any atom is 0.237 e. The number of carbonyl (C=O) groups excluding carboxylic acids is 2. The molecule has 0 atom stereocenters. The van der Waals surface area contributed by atoms with Crippen LogP contribution >= 0.6 is 0 Å². The zero-order chi connectivity index (χ0) is 16.4. The fourth-order valence-electron chi connectivity index (χ4n) is 2.21. The largest absolute Gasteiger partial charge is 0.355 e. The number of benzene rings is 1. The Morgan fingerprint density at radius 3 is 2.23 bits per heavy atom. The van der Waals surface area contributed by atoms with E-state index in [1.807, 2.05) is 60.9 Å². The second-order valence-corrected chi connectivity index (χ2v) is 5.15. The van der Waals surface area contributed by atoms with Crippen LogP contribution in [-0.2, 0) is 16.1 Å². The number of carbonyl (C=O) groups is 2. The molecule has 1 aromatic carbocycles. The zero-order valence-electron chi connectivity index (χ0n) is 13.8. The van der Waals surface area contributed by atoms with Crippen molar-refractivity contribution >= 4 is 11.8 Å². The summed E-state index contributed by atoms with van der Waals surface area (Å²) in [6.07, 6.45) is 0. The van der Waals surface area contributed by atoms with Crippen LogP contribution < -0.4 is 5.32 Å². The van der Waals surface area contributed by atoms with Crippen molar-refractivity contribution in [3.8, 4) is 0 Å². The Kier molecular flexibility index (Phi) is 8.22. The third kappa shape index (κ3) is 6.26. The predicted octanol–water partition coefficient (Wildman–Crippen LogP) is 1.49. The van der Waals surface area contributed by atoms with E-state index in [9.17, 15) is 9.59 Å². The van der Waals surface area contributed by atoms with Gasteiger partial charge >= 0.3 is 0 Å². The molecule has 0 aliphatic heterocycles. The highest BCUT2D eigenvalue weighted by molar-refractivity contribution is 5.81. The number of nitrogens with zero attached hydrogens (tertiary/aromatic N) is 2. The zero-order valence-corrected chi connectivity index (χ0v) is 13.8. The monoisotopic (exact) mass is 305 g/mol. The van der Waals surface area contributed by atoms with Crippen LogP contribution in [0.5, 0.6) is 0 Å². The van der Waals surface area contributed by atoms with Crippen molar-refractivity contribution in [1.29, 1.82) is 0 Å². The van der Waals surface area contributed by atoms with E-state index in [1.54, 1.807) is 0 Å². The average molecular weight is 305 g/mol. The molecule has 0 bridgehead atoms. The molecule has 0 aliphatic carbocycles. The van der Waals surface area contributed by atoms with Gasteiger partial charge in [-0.15, -0.1) is 0 Å². The first kappa shape index (κ1) is 18.2. The molecule has 0 heterocycles. The highest BCUT2D eigenvalue weighted by Gasteiger charge is 2.17. The first-order valence-electron chi connectivity index (χ1n) is 7.91. The second-order valence-electron chi connectivity index (χ2n) is 5.15. The lowest BCUT2D eigenvalue weighted by Gasteiger charge is -2.25. The summed E-state index contributed by atoms with van der Waals surface area (Å²) in [6, 6.07) is 9.94. The number of rotatable bonds is 9. The van der Waals surface area contributed by atoms with E-state index >= 15 is 0 Å². The van der Waals surface area contributed by atoms with Crippen LogP contribution in [0.3, 0.4) is 0 Å². The summed E-state index contributed by atoms with van der Waals surface area (Å²) in [4.78, 5) is 27.8. The molecule has 5 nitrogen and oxygen atoms in total. The van der Waals surface area contributed by atoms with Gasteiger partial charge in [-0.05, 0) is 26.0 Å². The standard InChI is InChI=1S/C17H27N3O2/c1-4-18-16(21)13-19(5-2)14-17(22)20(6-3)12-15-10-8-7-9-11-15/h7-11H,4-6,12-14H2,1-3H3,(H,18,21). The lowest BCUT2D eigenvalue weighted by atomic mass is 10.2. The summed E-state index contributed by atoms with van der Waals surface area (Å²) >= 11 is 0. The van der Waals surface area contributed by atoms with Gasteiger partial charge in [0.15, 0.2) is 0 Å². The molecule has 2 amide bonds. The van der Waals surface area contributed by atoms with E-state index in [0.717, 1.165) is 5.56 Å². The molecule has 1 rings (SSSR count). The van der Waals surface area contributed by atoms with Crippen LogP contribution in [0.2, 0.25) is 0 Å². The van der Waals surface area contributed by atoms with Gasteiger partial charge in [0.05, 0.1) is 13.1 Å². The molecule has 5 heteroatoms. The van der Waals surface area contributed by atoms with Crippen molar-refractivity contribution in [3.05, 3.63) is 35.9 Å². The van der Waals surface area contributed by atoms with Crippen molar-refractivity contribution < 1.29 is 9.59 Å². The molecule has 0 aliphatic rings. The maximum absolute atomic E-state index is 12.4. The van der Waals surface area contributed by atoms with E-state index < -0.39 is 0 Å². The fourth-order valence-corrected chi connectivity index (χ4v) is 2.21. The summed E-state index contributed by atoms with van der Waals surface area (Å²) < 4.78 is 0.